The van der Waals surface area contributed by atoms with Crippen LogP contribution in [0.3, 0.4) is 0 Å². The quantitative estimate of drug-likeness (QED) is 0.186. The lowest BCUT2D eigenvalue weighted by atomic mass is 9.95. The first kappa shape index (κ1) is 28.5. The van der Waals surface area contributed by atoms with Gasteiger partial charge in [0.25, 0.3) is 0 Å². The zero-order valence-electron chi connectivity index (χ0n) is 21.1. The van der Waals surface area contributed by atoms with Crippen LogP contribution in [-0.4, -0.2) is 31.6 Å². The second-order valence-corrected chi connectivity index (χ2v) is 10.7. The van der Waals surface area contributed by atoms with Gasteiger partial charge in [-0.15, -0.1) is 0 Å². The second-order valence-electron chi connectivity index (χ2n) is 9.32. The predicted octanol–water partition coefficient (Wildman–Crippen LogP) is 6.03. The second kappa shape index (κ2) is 12.5. The van der Waals surface area contributed by atoms with Crippen LogP contribution < -0.4 is 9.88 Å². The van der Waals surface area contributed by atoms with Gasteiger partial charge in [-0.2, -0.15) is 17.7 Å². The molecule has 1 N–H and O–H groups in total. The van der Waals surface area contributed by atoms with E-state index in [4.69, 9.17) is 13.0 Å². The minimum absolute atomic E-state index is 0.693. The van der Waals surface area contributed by atoms with Gasteiger partial charge >= 0.3 is 5.51 Å². The summed E-state index contributed by atoms with van der Waals surface area (Å²) in [5.74, 6) is 0.693. The molecule has 2 heterocycles. The van der Waals surface area contributed by atoms with E-state index in [0.717, 1.165) is 19.6 Å². The van der Waals surface area contributed by atoms with Gasteiger partial charge < -0.3 is 9.87 Å². The molecule has 3 aromatic carbocycles. The van der Waals surface area contributed by atoms with Gasteiger partial charge in [0.1, 0.15) is 0 Å². The van der Waals surface area contributed by atoms with Gasteiger partial charge in [0.15, 0.2) is 16.7 Å². The van der Waals surface area contributed by atoms with Crippen LogP contribution >= 0.6 is 0 Å². The fourth-order valence-electron chi connectivity index (χ4n) is 4.63. The predicted molar refractivity (Wildman–Crippen MR) is 144 cm³/mol. The number of hydrogen-bond donors (Lipinski definition) is 1. The summed E-state index contributed by atoms with van der Waals surface area (Å²) >= 11 is 0. The summed E-state index contributed by atoms with van der Waals surface area (Å²) in [5.41, 5.74) is 2.00. The van der Waals surface area contributed by atoms with E-state index in [2.05, 4.69) is 113 Å². The van der Waals surface area contributed by atoms with Gasteiger partial charge in [-0.25, -0.2) is 8.42 Å². The fraction of sp³-hybridized carbons (Fsp3) is 0.233. The molecule has 5 rings (SSSR count). The first-order chi connectivity index (χ1) is 18.6. The van der Waals surface area contributed by atoms with Crippen LogP contribution in [0.15, 0.2) is 103 Å². The largest absolute Gasteiger partial charge is 0.741 e. The molecular weight excluding hydrogens is 525 g/mol. The van der Waals surface area contributed by atoms with Crippen molar-refractivity contribution in [3.63, 3.8) is 0 Å². The normalized spacial score (nSPS) is 14.4. The Bertz CT molecular complexity index is 1400. The fourth-order valence-corrected chi connectivity index (χ4v) is 4.63. The van der Waals surface area contributed by atoms with E-state index in [1.165, 1.54) is 46.5 Å². The Balaban J connectivity index is 0.000000386. The first-order valence-corrected chi connectivity index (χ1v) is 14.0. The molecule has 0 spiro atoms. The molecule has 0 radical (unpaired) electrons. The topological polar surface area (TPSA) is 73.1 Å². The van der Waals surface area contributed by atoms with Crippen LogP contribution in [0, 0.1) is 5.92 Å². The number of pyridine rings is 1. The molecular formula is C30H29F3N2O3S. The van der Waals surface area contributed by atoms with E-state index in [0.29, 0.717) is 5.92 Å². The Hall–Kier alpha value is -3.53. The lowest BCUT2D eigenvalue weighted by Gasteiger charge is -2.22. The SMILES string of the molecule is O=S(=O)([O-])C(F)(F)F.c1ccc(-c2cc(-c3ccccc3)[n+](CC3CCNCC3)c(-c3ccccc3)c2)cc1. The van der Waals surface area contributed by atoms with Crippen molar-refractivity contribution in [3.05, 3.63) is 103 Å². The maximum Gasteiger partial charge on any atom is 0.485 e. The third-order valence-electron chi connectivity index (χ3n) is 6.60. The van der Waals surface area contributed by atoms with E-state index in [9.17, 15) is 13.2 Å². The Morgan fingerprint density at radius 3 is 1.49 bits per heavy atom. The van der Waals surface area contributed by atoms with Crippen LogP contribution in [0.2, 0.25) is 0 Å². The molecule has 0 unspecified atom stereocenters. The Morgan fingerprint density at radius 2 is 1.10 bits per heavy atom. The van der Waals surface area contributed by atoms with Gasteiger partial charge in [-0.1, -0.05) is 66.7 Å². The number of hydrogen-bond acceptors (Lipinski definition) is 4. The Morgan fingerprint density at radius 1 is 0.718 bits per heavy atom. The van der Waals surface area contributed by atoms with Crippen LogP contribution in [0.25, 0.3) is 33.6 Å². The third kappa shape index (κ3) is 7.53. The maximum atomic E-state index is 10.7. The number of nitrogens with one attached hydrogen (secondary N) is 1. The van der Waals surface area contributed by atoms with Gasteiger partial charge in [0.2, 0.25) is 11.4 Å². The molecule has 0 saturated carbocycles. The molecule has 39 heavy (non-hydrogen) atoms. The smallest absolute Gasteiger partial charge is 0.485 e. The van der Waals surface area contributed by atoms with E-state index >= 15 is 0 Å². The summed E-state index contributed by atoms with van der Waals surface area (Å²) in [6, 6.07) is 37.2. The molecule has 1 aliphatic rings. The highest BCUT2D eigenvalue weighted by molar-refractivity contribution is 7.86. The highest BCUT2D eigenvalue weighted by Crippen LogP contribution is 2.30. The molecule has 4 aromatic rings. The van der Waals surface area contributed by atoms with E-state index in [1.807, 2.05) is 0 Å². The zero-order chi connectivity index (χ0) is 27.9. The summed E-state index contributed by atoms with van der Waals surface area (Å²) in [5, 5.41) is 3.51. The molecule has 204 valence electrons. The number of halogens is 3. The minimum Gasteiger partial charge on any atom is -0.741 e. The minimum atomic E-state index is -6.09. The lowest BCUT2D eigenvalue weighted by Crippen LogP contribution is -2.44. The lowest BCUT2D eigenvalue weighted by molar-refractivity contribution is -0.682. The van der Waals surface area contributed by atoms with Crippen molar-refractivity contribution in [1.82, 2.24) is 5.32 Å². The summed E-state index contributed by atoms with van der Waals surface area (Å²) < 4.78 is 61.5. The maximum absolute atomic E-state index is 10.7. The molecule has 0 aliphatic carbocycles. The molecule has 5 nitrogen and oxygen atoms in total. The molecule has 1 aromatic heterocycles. The summed E-state index contributed by atoms with van der Waals surface area (Å²) in [4.78, 5) is 0. The molecule has 0 amide bonds. The van der Waals surface area contributed by atoms with Crippen molar-refractivity contribution >= 4 is 10.1 Å². The molecule has 0 atom stereocenters. The average Bonchev–Trinajstić information content (AvgIpc) is 2.94. The molecule has 1 fully saturated rings. The Labute approximate surface area is 226 Å². The number of piperidine rings is 1. The van der Waals surface area contributed by atoms with Crippen molar-refractivity contribution in [2.45, 2.75) is 24.9 Å². The number of benzene rings is 3. The average molecular weight is 555 g/mol. The molecule has 1 saturated heterocycles. The van der Waals surface area contributed by atoms with Crippen LogP contribution in [-0.2, 0) is 16.7 Å². The van der Waals surface area contributed by atoms with E-state index in [1.54, 1.807) is 0 Å². The van der Waals surface area contributed by atoms with E-state index in [-0.39, 0.29) is 0 Å². The van der Waals surface area contributed by atoms with Crippen LogP contribution in [0.5, 0.6) is 0 Å². The Kier molecular flexibility index (Phi) is 9.16. The number of rotatable bonds is 5. The standard InChI is InChI=1S/C29H29N2.CHF3O3S/c1-4-10-24(11-5-1)27-20-28(25-12-6-2-7-13-25)31(22-23-16-18-30-19-17-23)29(21-27)26-14-8-3-9-15-26;2-1(3,4)8(5,6)7/h1-15,20-21,23,30H,16-19,22H2;(H,5,6,7)/q+1;/p-1. The highest BCUT2D eigenvalue weighted by Gasteiger charge is 2.37. The van der Waals surface area contributed by atoms with Crippen LogP contribution in [0.1, 0.15) is 12.8 Å². The van der Waals surface area contributed by atoms with Crippen molar-refractivity contribution in [2.75, 3.05) is 13.1 Å². The highest BCUT2D eigenvalue weighted by atomic mass is 32.2. The van der Waals surface area contributed by atoms with Crippen molar-refractivity contribution in [3.8, 4) is 33.6 Å². The zero-order valence-corrected chi connectivity index (χ0v) is 22.0. The van der Waals surface area contributed by atoms with Crippen molar-refractivity contribution < 1.29 is 30.7 Å². The van der Waals surface area contributed by atoms with Gasteiger partial charge in [-0.05, 0) is 61.3 Å². The summed E-state index contributed by atoms with van der Waals surface area (Å²) in [7, 11) is -6.09. The van der Waals surface area contributed by atoms with Gasteiger partial charge in [0, 0.05) is 29.2 Å². The summed E-state index contributed by atoms with van der Waals surface area (Å²) in [6.07, 6.45) is 2.46. The number of nitrogens with zero attached hydrogens (tertiary/aromatic N) is 1. The summed E-state index contributed by atoms with van der Waals surface area (Å²) in [6.45, 7) is 3.29. The molecule has 0 bridgehead atoms. The first-order valence-electron chi connectivity index (χ1n) is 12.6. The number of aromatic nitrogens is 1. The van der Waals surface area contributed by atoms with Crippen LogP contribution in [0.4, 0.5) is 13.2 Å². The third-order valence-corrected chi connectivity index (χ3v) is 7.16. The van der Waals surface area contributed by atoms with Crippen molar-refractivity contribution in [1.29, 1.82) is 0 Å². The van der Waals surface area contributed by atoms with Crippen molar-refractivity contribution in [2.24, 2.45) is 5.92 Å². The number of alkyl halides is 3. The van der Waals surface area contributed by atoms with E-state index < -0.39 is 15.6 Å². The monoisotopic (exact) mass is 554 g/mol. The van der Waals surface area contributed by atoms with Gasteiger partial charge in [0.05, 0.1) is 0 Å². The molecule has 1 aliphatic heterocycles. The van der Waals surface area contributed by atoms with Gasteiger partial charge in [-0.3, -0.25) is 0 Å². The molecule has 9 heteroatoms.